The highest BCUT2D eigenvalue weighted by Gasteiger charge is 2.23. The lowest BCUT2D eigenvalue weighted by molar-refractivity contribution is -0.130. The van der Waals surface area contributed by atoms with Crippen LogP contribution in [0.2, 0.25) is 0 Å². The molecule has 1 fully saturated rings. The van der Waals surface area contributed by atoms with E-state index < -0.39 is 0 Å². The summed E-state index contributed by atoms with van der Waals surface area (Å²) in [5, 5.41) is 10.3. The number of carbonyl (C=O) groups is 1. The maximum Gasteiger partial charge on any atom is 0.233 e. The highest BCUT2D eigenvalue weighted by molar-refractivity contribution is 7.99. The minimum Gasteiger partial charge on any atom is -0.461 e. The molecular formula is C21H21N5O2S. The van der Waals surface area contributed by atoms with Crippen LogP contribution in [0, 0.1) is 5.92 Å². The Hall–Kier alpha value is -2.87. The number of hydrogen-bond donors (Lipinski definition) is 0. The van der Waals surface area contributed by atoms with Crippen LogP contribution in [0.5, 0.6) is 0 Å². The molecule has 0 radical (unpaired) electrons. The largest absolute Gasteiger partial charge is 0.461 e. The summed E-state index contributed by atoms with van der Waals surface area (Å²) in [4.78, 5) is 19.5. The van der Waals surface area contributed by atoms with Crippen LogP contribution in [-0.4, -0.2) is 49.2 Å². The molecule has 1 atom stereocenters. The van der Waals surface area contributed by atoms with E-state index in [0.717, 1.165) is 30.4 Å². The van der Waals surface area contributed by atoms with Gasteiger partial charge in [0, 0.05) is 18.5 Å². The second-order valence-corrected chi connectivity index (χ2v) is 8.39. The van der Waals surface area contributed by atoms with E-state index in [2.05, 4.69) is 17.1 Å². The van der Waals surface area contributed by atoms with E-state index >= 15 is 0 Å². The van der Waals surface area contributed by atoms with Gasteiger partial charge in [-0.25, -0.2) is 4.98 Å². The molecule has 29 heavy (non-hydrogen) atoms. The van der Waals surface area contributed by atoms with E-state index in [-0.39, 0.29) is 5.91 Å². The standard InChI is InChI=1S/C21H21N5O2S/c1-14-6-4-10-25(12-14)18(27)13-29-21-24-23-19-15-7-2-3-8-16(15)22-20(26(19)21)17-9-5-11-28-17/h2-3,5,7-9,11,14H,4,6,10,12-13H2,1H3/t14-/m1/s1. The van der Waals surface area contributed by atoms with Gasteiger partial charge in [0.1, 0.15) is 0 Å². The molecule has 0 bridgehead atoms. The fourth-order valence-electron chi connectivity index (χ4n) is 3.86. The van der Waals surface area contributed by atoms with Gasteiger partial charge in [-0.05, 0) is 43.0 Å². The average molecular weight is 407 g/mol. The van der Waals surface area contributed by atoms with Gasteiger partial charge in [0.05, 0.1) is 17.5 Å². The highest BCUT2D eigenvalue weighted by atomic mass is 32.2. The normalized spacial score (nSPS) is 17.3. The van der Waals surface area contributed by atoms with Gasteiger partial charge in [-0.3, -0.25) is 9.20 Å². The van der Waals surface area contributed by atoms with Crippen LogP contribution < -0.4 is 0 Å². The first-order valence-corrected chi connectivity index (χ1v) is 10.8. The van der Waals surface area contributed by atoms with E-state index in [1.165, 1.54) is 18.2 Å². The Morgan fingerprint density at radius 2 is 2.14 bits per heavy atom. The monoisotopic (exact) mass is 407 g/mol. The summed E-state index contributed by atoms with van der Waals surface area (Å²) in [5.41, 5.74) is 1.54. The van der Waals surface area contributed by atoms with E-state index in [1.54, 1.807) is 6.26 Å². The zero-order chi connectivity index (χ0) is 19.8. The number of thioether (sulfide) groups is 1. The summed E-state index contributed by atoms with van der Waals surface area (Å²) < 4.78 is 7.50. The minimum atomic E-state index is 0.145. The molecule has 1 aliphatic rings. The summed E-state index contributed by atoms with van der Waals surface area (Å²) >= 11 is 1.40. The van der Waals surface area contributed by atoms with Crippen LogP contribution in [0.1, 0.15) is 19.8 Å². The van der Waals surface area contributed by atoms with Gasteiger partial charge in [-0.2, -0.15) is 0 Å². The fraction of sp³-hybridized carbons (Fsp3) is 0.333. The minimum absolute atomic E-state index is 0.145. The molecule has 8 heteroatoms. The smallest absolute Gasteiger partial charge is 0.233 e. The van der Waals surface area contributed by atoms with Gasteiger partial charge in [0.2, 0.25) is 5.91 Å². The van der Waals surface area contributed by atoms with Crippen molar-refractivity contribution in [3.63, 3.8) is 0 Å². The molecule has 0 unspecified atom stereocenters. The number of para-hydroxylation sites is 1. The van der Waals surface area contributed by atoms with Crippen LogP contribution in [0.15, 0.2) is 52.2 Å². The molecule has 5 rings (SSSR count). The Balaban J connectivity index is 1.51. The number of aromatic nitrogens is 4. The van der Waals surface area contributed by atoms with Crippen LogP contribution >= 0.6 is 11.8 Å². The Kier molecular flexibility index (Phi) is 4.71. The molecule has 0 saturated carbocycles. The second kappa shape index (κ2) is 7.51. The molecular weight excluding hydrogens is 386 g/mol. The maximum absolute atomic E-state index is 12.7. The summed E-state index contributed by atoms with van der Waals surface area (Å²) in [6.07, 6.45) is 3.89. The summed E-state index contributed by atoms with van der Waals surface area (Å²) in [6, 6.07) is 11.5. The molecule has 1 aliphatic heterocycles. The zero-order valence-electron chi connectivity index (χ0n) is 16.1. The van der Waals surface area contributed by atoms with Crippen LogP contribution in [-0.2, 0) is 4.79 Å². The first kappa shape index (κ1) is 18.2. The van der Waals surface area contributed by atoms with Crippen molar-refractivity contribution in [3.05, 3.63) is 42.7 Å². The Bertz CT molecular complexity index is 1170. The van der Waals surface area contributed by atoms with Crippen molar-refractivity contribution in [2.24, 2.45) is 5.92 Å². The van der Waals surface area contributed by atoms with Crippen molar-refractivity contribution in [2.45, 2.75) is 24.9 Å². The van der Waals surface area contributed by atoms with Crippen molar-refractivity contribution in [3.8, 4) is 11.6 Å². The predicted octanol–water partition coefficient (Wildman–Crippen LogP) is 3.89. The predicted molar refractivity (Wildman–Crippen MR) is 112 cm³/mol. The second-order valence-electron chi connectivity index (χ2n) is 7.45. The highest BCUT2D eigenvalue weighted by Crippen LogP contribution is 2.29. The molecule has 0 spiro atoms. The molecule has 4 aromatic rings. The van der Waals surface area contributed by atoms with Gasteiger partial charge < -0.3 is 9.32 Å². The first-order valence-electron chi connectivity index (χ1n) is 9.79. The van der Waals surface area contributed by atoms with Gasteiger partial charge in [-0.15, -0.1) is 10.2 Å². The van der Waals surface area contributed by atoms with Crippen molar-refractivity contribution in [1.82, 2.24) is 24.5 Å². The topological polar surface area (TPSA) is 76.5 Å². The van der Waals surface area contributed by atoms with E-state index in [4.69, 9.17) is 9.40 Å². The Morgan fingerprint density at radius 3 is 2.97 bits per heavy atom. The number of fused-ring (bicyclic) bond motifs is 3. The quantitative estimate of drug-likeness (QED) is 0.478. The summed E-state index contributed by atoms with van der Waals surface area (Å²) in [6.45, 7) is 3.88. The van der Waals surface area contributed by atoms with Crippen molar-refractivity contribution >= 4 is 34.2 Å². The lowest BCUT2D eigenvalue weighted by Gasteiger charge is -2.30. The number of hydrogen-bond acceptors (Lipinski definition) is 6. The summed E-state index contributed by atoms with van der Waals surface area (Å²) in [7, 11) is 0. The molecule has 0 N–H and O–H groups in total. The SMILES string of the molecule is C[C@@H]1CCCN(C(=O)CSc2nnc3c4ccccc4nc(-c4ccco4)n23)C1. The molecule has 4 heterocycles. The van der Waals surface area contributed by atoms with Gasteiger partial charge in [0.25, 0.3) is 0 Å². The van der Waals surface area contributed by atoms with E-state index in [9.17, 15) is 4.79 Å². The van der Waals surface area contributed by atoms with Crippen LogP contribution in [0.4, 0.5) is 0 Å². The third kappa shape index (κ3) is 3.37. The first-order chi connectivity index (χ1) is 14.2. The van der Waals surface area contributed by atoms with E-state index in [0.29, 0.717) is 34.1 Å². The third-order valence-electron chi connectivity index (χ3n) is 5.29. The zero-order valence-corrected chi connectivity index (χ0v) is 16.9. The van der Waals surface area contributed by atoms with Crippen LogP contribution in [0.3, 0.4) is 0 Å². The fourth-order valence-corrected chi connectivity index (χ4v) is 4.69. The van der Waals surface area contributed by atoms with Crippen LogP contribution in [0.25, 0.3) is 28.1 Å². The lowest BCUT2D eigenvalue weighted by Crippen LogP contribution is -2.40. The molecule has 1 aromatic carbocycles. The molecule has 1 amide bonds. The summed E-state index contributed by atoms with van der Waals surface area (Å²) in [5.74, 6) is 2.31. The number of amides is 1. The van der Waals surface area contributed by atoms with Crippen molar-refractivity contribution in [1.29, 1.82) is 0 Å². The van der Waals surface area contributed by atoms with Gasteiger partial charge in [0.15, 0.2) is 22.4 Å². The number of furan rings is 1. The van der Waals surface area contributed by atoms with Gasteiger partial charge >= 0.3 is 0 Å². The van der Waals surface area contributed by atoms with Crippen molar-refractivity contribution in [2.75, 3.05) is 18.8 Å². The third-order valence-corrected chi connectivity index (χ3v) is 6.21. The number of nitrogens with zero attached hydrogens (tertiary/aromatic N) is 5. The molecule has 0 aliphatic carbocycles. The average Bonchev–Trinajstić information content (AvgIpc) is 3.42. The van der Waals surface area contributed by atoms with Crippen molar-refractivity contribution < 1.29 is 9.21 Å². The van der Waals surface area contributed by atoms with E-state index in [1.807, 2.05) is 45.7 Å². The number of carbonyl (C=O) groups excluding carboxylic acids is 1. The molecule has 3 aromatic heterocycles. The number of benzene rings is 1. The van der Waals surface area contributed by atoms with Gasteiger partial charge in [-0.1, -0.05) is 30.8 Å². The Labute approximate surface area is 172 Å². The lowest BCUT2D eigenvalue weighted by atomic mass is 10.0. The number of piperidine rings is 1. The molecule has 7 nitrogen and oxygen atoms in total. The maximum atomic E-state index is 12.7. The number of rotatable bonds is 4. The number of likely N-dealkylation sites (tertiary alicyclic amines) is 1. The molecule has 148 valence electrons. The Morgan fingerprint density at radius 1 is 1.24 bits per heavy atom. The molecule has 1 saturated heterocycles.